The molecule has 1 fully saturated rings. The molecule has 7 heteroatoms. The number of nitrogens with one attached hydrogen (secondary N) is 1. The molecule has 0 saturated carbocycles. The molecule has 1 unspecified atom stereocenters. The zero-order valence-corrected chi connectivity index (χ0v) is 20.2. The fourth-order valence-corrected chi connectivity index (χ4v) is 3.78. The smallest absolute Gasteiger partial charge is 0.408 e. The van der Waals surface area contributed by atoms with E-state index in [2.05, 4.69) is 34.5 Å². The van der Waals surface area contributed by atoms with Gasteiger partial charge in [0.25, 0.3) is 0 Å². The molecule has 0 radical (unpaired) electrons. The number of alkyl carbamates (subject to hydrolysis) is 1. The number of rotatable bonds is 7. The van der Waals surface area contributed by atoms with Crippen LogP contribution in [0.15, 0.2) is 60.7 Å². The highest BCUT2D eigenvalue weighted by Crippen LogP contribution is 2.20. The Bertz CT molecular complexity index is 963. The molecule has 1 N–H and O–H groups in total. The number of nitrogens with zero attached hydrogens (tertiary/aromatic N) is 2. The lowest BCUT2D eigenvalue weighted by molar-refractivity contribution is -0.133. The van der Waals surface area contributed by atoms with E-state index < -0.39 is 17.7 Å². The molecule has 2 aromatic carbocycles. The van der Waals surface area contributed by atoms with E-state index in [1.807, 2.05) is 23.1 Å². The van der Waals surface area contributed by atoms with Gasteiger partial charge in [-0.25, -0.2) is 9.18 Å². The Hall–Kier alpha value is -3.19. The summed E-state index contributed by atoms with van der Waals surface area (Å²) in [4.78, 5) is 29.5. The first-order valence-electron chi connectivity index (χ1n) is 11.7. The van der Waals surface area contributed by atoms with Crippen LogP contribution in [-0.2, 0) is 9.53 Å². The third-order valence-corrected chi connectivity index (χ3v) is 5.54. The zero-order chi connectivity index (χ0) is 24.6. The normalized spacial score (nSPS) is 15.8. The van der Waals surface area contributed by atoms with Gasteiger partial charge in [0.1, 0.15) is 11.4 Å². The second-order valence-electron chi connectivity index (χ2n) is 9.45. The number of piperazine rings is 1. The van der Waals surface area contributed by atoms with Crippen LogP contribution < -0.4 is 5.32 Å². The minimum Gasteiger partial charge on any atom is -0.444 e. The molecule has 2 aromatic rings. The lowest BCUT2D eigenvalue weighted by atomic mass is 10.0. The van der Waals surface area contributed by atoms with Crippen molar-refractivity contribution in [2.45, 2.75) is 38.8 Å². The molecular weight excluding hydrogens is 433 g/mol. The second kappa shape index (κ2) is 11.8. The van der Waals surface area contributed by atoms with Crippen LogP contribution in [0.4, 0.5) is 9.18 Å². The summed E-state index contributed by atoms with van der Waals surface area (Å²) in [6.45, 7) is 8.98. The summed E-state index contributed by atoms with van der Waals surface area (Å²) in [5.74, 6) is -0.423. The highest BCUT2D eigenvalue weighted by atomic mass is 19.1. The van der Waals surface area contributed by atoms with E-state index >= 15 is 0 Å². The summed E-state index contributed by atoms with van der Waals surface area (Å²) in [6.07, 6.45) is 3.72. The van der Waals surface area contributed by atoms with Gasteiger partial charge in [-0.1, -0.05) is 54.6 Å². The highest BCUT2D eigenvalue weighted by Gasteiger charge is 2.26. The van der Waals surface area contributed by atoms with Gasteiger partial charge in [0, 0.05) is 32.7 Å². The molecule has 3 rings (SSSR count). The number of hydrogen-bond acceptors (Lipinski definition) is 4. The first-order valence-corrected chi connectivity index (χ1v) is 11.7. The van der Waals surface area contributed by atoms with Crippen LogP contribution in [0.25, 0.3) is 6.08 Å². The lowest BCUT2D eigenvalue weighted by Gasteiger charge is -2.35. The van der Waals surface area contributed by atoms with E-state index in [4.69, 9.17) is 4.74 Å². The number of hydrogen-bond donors (Lipinski definition) is 1. The molecule has 182 valence electrons. The number of amides is 2. The Morgan fingerprint density at radius 2 is 1.68 bits per heavy atom. The summed E-state index contributed by atoms with van der Waals surface area (Å²) >= 11 is 0. The van der Waals surface area contributed by atoms with Crippen LogP contribution in [0.5, 0.6) is 0 Å². The standard InChI is InChI=1S/C27H34FN3O3/c1-27(2,3)34-26(33)29-24(22-11-13-23(28)14-12-22)20-25(32)31-18-16-30(17-19-31)15-7-10-21-8-5-4-6-9-21/h4-14,24H,15-20H2,1-3H3,(H,29,33). The van der Waals surface area contributed by atoms with Crippen molar-refractivity contribution >= 4 is 18.1 Å². The lowest BCUT2D eigenvalue weighted by Crippen LogP contribution is -2.49. The maximum atomic E-state index is 13.4. The Labute approximate surface area is 201 Å². The molecule has 1 aliphatic heterocycles. The average molecular weight is 468 g/mol. The molecule has 1 heterocycles. The molecule has 34 heavy (non-hydrogen) atoms. The van der Waals surface area contributed by atoms with Crippen molar-refractivity contribution < 1.29 is 18.7 Å². The average Bonchev–Trinajstić information content (AvgIpc) is 2.79. The summed E-state index contributed by atoms with van der Waals surface area (Å²) < 4.78 is 18.8. The van der Waals surface area contributed by atoms with E-state index in [0.717, 1.165) is 19.6 Å². The van der Waals surface area contributed by atoms with Crippen LogP contribution in [0, 0.1) is 5.82 Å². The van der Waals surface area contributed by atoms with Crippen LogP contribution in [0.1, 0.15) is 44.4 Å². The molecule has 0 bridgehead atoms. The molecule has 1 aliphatic rings. The number of carbonyl (C=O) groups is 2. The van der Waals surface area contributed by atoms with E-state index in [-0.39, 0.29) is 18.1 Å². The third kappa shape index (κ3) is 8.30. The van der Waals surface area contributed by atoms with Crippen molar-refractivity contribution in [1.82, 2.24) is 15.1 Å². The predicted molar refractivity (Wildman–Crippen MR) is 132 cm³/mol. The Kier molecular flexibility index (Phi) is 8.82. The van der Waals surface area contributed by atoms with Crippen molar-refractivity contribution in [2.75, 3.05) is 32.7 Å². The molecule has 6 nitrogen and oxygen atoms in total. The summed E-state index contributed by atoms with van der Waals surface area (Å²) in [6, 6.07) is 15.4. The molecule has 2 amide bonds. The second-order valence-corrected chi connectivity index (χ2v) is 9.45. The number of ether oxygens (including phenoxy) is 1. The molecule has 1 atom stereocenters. The Balaban J connectivity index is 1.54. The quantitative estimate of drug-likeness (QED) is 0.645. The van der Waals surface area contributed by atoms with Gasteiger partial charge in [-0.05, 0) is 44.0 Å². The monoisotopic (exact) mass is 467 g/mol. The SMILES string of the molecule is CC(C)(C)OC(=O)NC(CC(=O)N1CCN(CC=Cc2ccccc2)CC1)c1ccc(F)cc1. The van der Waals surface area contributed by atoms with Gasteiger partial charge in [0.2, 0.25) is 5.91 Å². The van der Waals surface area contributed by atoms with Gasteiger partial charge in [-0.2, -0.15) is 0 Å². The van der Waals surface area contributed by atoms with Crippen LogP contribution in [-0.4, -0.2) is 60.1 Å². The maximum Gasteiger partial charge on any atom is 0.408 e. The van der Waals surface area contributed by atoms with E-state index in [9.17, 15) is 14.0 Å². The summed E-state index contributed by atoms with van der Waals surface area (Å²) in [7, 11) is 0. The van der Waals surface area contributed by atoms with E-state index in [1.54, 1.807) is 32.9 Å². The number of carbonyl (C=O) groups excluding carboxylic acids is 2. The van der Waals surface area contributed by atoms with Gasteiger partial charge in [0.15, 0.2) is 0 Å². The van der Waals surface area contributed by atoms with Crippen LogP contribution in [0.3, 0.4) is 0 Å². The molecule has 0 spiro atoms. The van der Waals surface area contributed by atoms with Gasteiger partial charge < -0.3 is 15.0 Å². The summed E-state index contributed by atoms with van der Waals surface area (Å²) in [5, 5.41) is 2.78. The first-order chi connectivity index (χ1) is 16.2. The van der Waals surface area contributed by atoms with Gasteiger partial charge >= 0.3 is 6.09 Å². The van der Waals surface area contributed by atoms with E-state index in [0.29, 0.717) is 18.7 Å². The summed E-state index contributed by atoms with van der Waals surface area (Å²) in [5.41, 5.74) is 1.16. The largest absolute Gasteiger partial charge is 0.444 e. The van der Waals surface area contributed by atoms with Gasteiger partial charge in [-0.3, -0.25) is 9.69 Å². The minimum atomic E-state index is -0.660. The minimum absolute atomic E-state index is 0.0511. The molecule has 0 aliphatic carbocycles. The number of halogens is 1. The Morgan fingerprint density at radius 1 is 1.03 bits per heavy atom. The first kappa shape index (κ1) is 25.4. The molecular formula is C27H34FN3O3. The topological polar surface area (TPSA) is 61.9 Å². The van der Waals surface area contributed by atoms with Crippen LogP contribution in [0.2, 0.25) is 0 Å². The fourth-order valence-electron chi connectivity index (χ4n) is 3.78. The van der Waals surface area contributed by atoms with Gasteiger partial charge in [0.05, 0.1) is 12.5 Å². The Morgan fingerprint density at radius 3 is 2.29 bits per heavy atom. The van der Waals surface area contributed by atoms with Gasteiger partial charge in [-0.15, -0.1) is 0 Å². The highest BCUT2D eigenvalue weighted by molar-refractivity contribution is 5.78. The van der Waals surface area contributed by atoms with Crippen LogP contribution >= 0.6 is 0 Å². The van der Waals surface area contributed by atoms with Crippen molar-refractivity contribution in [3.8, 4) is 0 Å². The predicted octanol–water partition coefficient (Wildman–Crippen LogP) is 4.64. The van der Waals surface area contributed by atoms with Crippen molar-refractivity contribution in [3.63, 3.8) is 0 Å². The van der Waals surface area contributed by atoms with E-state index in [1.165, 1.54) is 17.7 Å². The third-order valence-electron chi connectivity index (χ3n) is 5.54. The molecule has 0 aromatic heterocycles. The van der Waals surface area contributed by atoms with Crippen molar-refractivity contribution in [3.05, 3.63) is 77.6 Å². The maximum absolute atomic E-state index is 13.4. The van der Waals surface area contributed by atoms with Crippen molar-refractivity contribution in [1.29, 1.82) is 0 Å². The molecule has 1 saturated heterocycles. The number of benzene rings is 2. The fraction of sp³-hybridized carbons (Fsp3) is 0.407. The zero-order valence-electron chi connectivity index (χ0n) is 20.2. The van der Waals surface area contributed by atoms with Crippen molar-refractivity contribution in [2.24, 2.45) is 0 Å².